The van der Waals surface area contributed by atoms with Crippen molar-refractivity contribution in [2.45, 2.75) is 39.2 Å². The fraction of sp³-hybridized carbons (Fsp3) is 0.455. The zero-order chi connectivity index (χ0) is 17.4. The molecule has 2 heterocycles. The summed E-state index contributed by atoms with van der Waals surface area (Å²) in [6.07, 6.45) is 3.90. The molecule has 2 aromatic heterocycles. The summed E-state index contributed by atoms with van der Waals surface area (Å²) in [5, 5.41) is 13.8. The SMILES string of the molecule is CC(C)[C@@]12C[C@@H]1[C@H](C)[C@](O)(c1ccc3ccc4cccnc4c3n1)C2. The van der Waals surface area contributed by atoms with Gasteiger partial charge in [0.15, 0.2) is 0 Å². The molecule has 25 heavy (non-hydrogen) atoms. The molecule has 4 atom stereocenters. The van der Waals surface area contributed by atoms with Crippen LogP contribution in [0.2, 0.25) is 0 Å². The fourth-order valence-electron chi connectivity index (χ4n) is 5.38. The summed E-state index contributed by atoms with van der Waals surface area (Å²) >= 11 is 0. The minimum atomic E-state index is -0.821. The summed E-state index contributed by atoms with van der Waals surface area (Å²) in [6, 6.07) is 12.3. The Morgan fingerprint density at radius 1 is 1.08 bits per heavy atom. The van der Waals surface area contributed by atoms with E-state index in [1.165, 1.54) is 6.42 Å². The van der Waals surface area contributed by atoms with Gasteiger partial charge in [0.1, 0.15) is 5.60 Å². The fourth-order valence-corrected chi connectivity index (χ4v) is 5.38. The van der Waals surface area contributed by atoms with E-state index in [0.29, 0.717) is 17.3 Å². The molecule has 1 N–H and O–H groups in total. The summed E-state index contributed by atoms with van der Waals surface area (Å²) in [5.74, 6) is 1.49. The Labute approximate surface area is 148 Å². The molecular formula is C22H24N2O. The number of rotatable bonds is 2. The molecule has 5 rings (SSSR count). The quantitative estimate of drug-likeness (QED) is 0.694. The standard InChI is InChI=1S/C22H24N2O/c1-13(2)21-11-17(21)14(3)22(25,12-21)18-9-8-16-7-6-15-5-4-10-23-19(15)20(16)24-18/h4-10,13-14,17,25H,11-12H2,1-3H3/t14-,17+,21-,22-/m0/s1. The molecule has 0 bridgehead atoms. The highest BCUT2D eigenvalue weighted by atomic mass is 16.3. The predicted molar refractivity (Wildman–Crippen MR) is 100 cm³/mol. The van der Waals surface area contributed by atoms with Crippen molar-refractivity contribution >= 4 is 21.8 Å². The van der Waals surface area contributed by atoms with Gasteiger partial charge in [-0.1, -0.05) is 45.0 Å². The highest BCUT2D eigenvalue weighted by molar-refractivity contribution is 6.02. The van der Waals surface area contributed by atoms with Crippen LogP contribution in [-0.2, 0) is 5.60 Å². The molecule has 0 unspecified atom stereocenters. The largest absolute Gasteiger partial charge is 0.383 e. The molecule has 0 amide bonds. The molecule has 2 aliphatic carbocycles. The number of aliphatic hydroxyl groups is 1. The topological polar surface area (TPSA) is 46.0 Å². The molecule has 0 radical (unpaired) electrons. The third-order valence-electron chi connectivity index (χ3n) is 7.16. The van der Waals surface area contributed by atoms with Crippen LogP contribution in [0.15, 0.2) is 42.6 Å². The van der Waals surface area contributed by atoms with E-state index in [0.717, 1.165) is 33.9 Å². The second-order valence-corrected chi connectivity index (χ2v) is 8.50. The summed E-state index contributed by atoms with van der Waals surface area (Å²) in [5.41, 5.74) is 2.12. The number of nitrogens with zero attached hydrogens (tertiary/aromatic N) is 2. The molecule has 128 valence electrons. The Balaban J connectivity index is 1.67. The number of pyridine rings is 2. The van der Waals surface area contributed by atoms with E-state index in [-0.39, 0.29) is 5.92 Å². The Kier molecular flexibility index (Phi) is 2.93. The lowest BCUT2D eigenvalue weighted by Crippen LogP contribution is -2.33. The van der Waals surface area contributed by atoms with Gasteiger partial charge in [-0.15, -0.1) is 0 Å². The minimum absolute atomic E-state index is 0.253. The second kappa shape index (κ2) is 4.79. The van der Waals surface area contributed by atoms with Crippen molar-refractivity contribution < 1.29 is 5.11 Å². The van der Waals surface area contributed by atoms with Crippen LogP contribution in [0.25, 0.3) is 21.8 Å². The van der Waals surface area contributed by atoms with Gasteiger partial charge < -0.3 is 5.11 Å². The first-order valence-electron chi connectivity index (χ1n) is 9.33. The monoisotopic (exact) mass is 332 g/mol. The molecule has 2 saturated carbocycles. The van der Waals surface area contributed by atoms with E-state index in [1.54, 1.807) is 0 Å². The molecule has 3 heteroatoms. The van der Waals surface area contributed by atoms with Gasteiger partial charge >= 0.3 is 0 Å². The molecule has 2 fully saturated rings. The van der Waals surface area contributed by atoms with Crippen molar-refractivity contribution in [3.63, 3.8) is 0 Å². The smallest absolute Gasteiger partial charge is 0.110 e. The van der Waals surface area contributed by atoms with Crippen molar-refractivity contribution in [2.75, 3.05) is 0 Å². The Hall–Kier alpha value is -2.00. The summed E-state index contributed by atoms with van der Waals surface area (Å²) in [6.45, 7) is 6.79. The van der Waals surface area contributed by atoms with Crippen molar-refractivity contribution in [1.82, 2.24) is 9.97 Å². The van der Waals surface area contributed by atoms with E-state index in [1.807, 2.05) is 18.3 Å². The average Bonchev–Trinajstić information content (AvgIpc) is 3.30. The van der Waals surface area contributed by atoms with Gasteiger partial charge in [0.25, 0.3) is 0 Å². The van der Waals surface area contributed by atoms with E-state index < -0.39 is 5.60 Å². The van der Waals surface area contributed by atoms with E-state index in [4.69, 9.17) is 4.98 Å². The van der Waals surface area contributed by atoms with Gasteiger partial charge in [-0.05, 0) is 48.1 Å². The summed E-state index contributed by atoms with van der Waals surface area (Å²) in [4.78, 5) is 9.48. The number of hydrogen-bond donors (Lipinski definition) is 1. The van der Waals surface area contributed by atoms with Gasteiger partial charge in [-0.3, -0.25) is 4.98 Å². The molecule has 3 nitrogen and oxygen atoms in total. The van der Waals surface area contributed by atoms with E-state index in [2.05, 4.69) is 50.0 Å². The minimum Gasteiger partial charge on any atom is -0.383 e. The second-order valence-electron chi connectivity index (χ2n) is 8.50. The maximum atomic E-state index is 11.6. The molecule has 1 aromatic carbocycles. The van der Waals surface area contributed by atoms with Gasteiger partial charge in [-0.25, -0.2) is 4.98 Å². The van der Waals surface area contributed by atoms with Crippen LogP contribution in [0, 0.1) is 23.2 Å². The van der Waals surface area contributed by atoms with Crippen LogP contribution in [0.4, 0.5) is 0 Å². The third kappa shape index (κ3) is 1.90. The number of aromatic nitrogens is 2. The zero-order valence-corrected chi connectivity index (χ0v) is 15.0. The Bertz CT molecular complexity index is 998. The first-order valence-corrected chi connectivity index (χ1v) is 9.33. The number of fused-ring (bicyclic) bond motifs is 4. The Morgan fingerprint density at radius 3 is 2.52 bits per heavy atom. The maximum Gasteiger partial charge on any atom is 0.110 e. The van der Waals surface area contributed by atoms with Gasteiger partial charge in [0.2, 0.25) is 0 Å². The van der Waals surface area contributed by atoms with Crippen LogP contribution >= 0.6 is 0 Å². The van der Waals surface area contributed by atoms with Crippen molar-refractivity contribution in [2.24, 2.45) is 23.2 Å². The zero-order valence-electron chi connectivity index (χ0n) is 15.0. The number of benzene rings is 1. The lowest BCUT2D eigenvalue weighted by atomic mass is 9.81. The van der Waals surface area contributed by atoms with Crippen molar-refractivity contribution in [1.29, 1.82) is 0 Å². The predicted octanol–water partition coefficient (Wildman–Crippen LogP) is 4.67. The van der Waals surface area contributed by atoms with Crippen LogP contribution in [0.1, 0.15) is 39.3 Å². The Morgan fingerprint density at radius 2 is 1.80 bits per heavy atom. The normalized spacial score (nSPS) is 34.0. The summed E-state index contributed by atoms with van der Waals surface area (Å²) < 4.78 is 0. The molecule has 0 aliphatic heterocycles. The molecular weight excluding hydrogens is 308 g/mol. The number of hydrogen-bond acceptors (Lipinski definition) is 3. The highest BCUT2D eigenvalue weighted by Gasteiger charge is 2.70. The van der Waals surface area contributed by atoms with Gasteiger partial charge in [-0.2, -0.15) is 0 Å². The lowest BCUT2D eigenvalue weighted by molar-refractivity contribution is -0.0217. The van der Waals surface area contributed by atoms with Crippen LogP contribution in [-0.4, -0.2) is 15.1 Å². The van der Waals surface area contributed by atoms with E-state index >= 15 is 0 Å². The van der Waals surface area contributed by atoms with E-state index in [9.17, 15) is 5.11 Å². The average molecular weight is 332 g/mol. The van der Waals surface area contributed by atoms with Gasteiger partial charge in [0.05, 0.1) is 16.7 Å². The van der Waals surface area contributed by atoms with Crippen LogP contribution in [0.3, 0.4) is 0 Å². The maximum absolute atomic E-state index is 11.6. The molecule has 2 aliphatic rings. The first-order chi connectivity index (χ1) is 12.0. The van der Waals surface area contributed by atoms with Gasteiger partial charge in [0, 0.05) is 17.0 Å². The van der Waals surface area contributed by atoms with Crippen LogP contribution < -0.4 is 0 Å². The highest BCUT2D eigenvalue weighted by Crippen LogP contribution is 2.74. The van der Waals surface area contributed by atoms with Crippen molar-refractivity contribution in [3.8, 4) is 0 Å². The third-order valence-corrected chi connectivity index (χ3v) is 7.16. The molecule has 0 spiro atoms. The van der Waals surface area contributed by atoms with Crippen molar-refractivity contribution in [3.05, 3.63) is 48.3 Å². The lowest BCUT2D eigenvalue weighted by Gasteiger charge is -2.31. The first kappa shape index (κ1) is 15.3. The molecule has 0 saturated heterocycles. The van der Waals surface area contributed by atoms with Crippen LogP contribution in [0.5, 0.6) is 0 Å². The molecule has 3 aromatic rings. The summed E-state index contributed by atoms with van der Waals surface area (Å²) in [7, 11) is 0.